The summed E-state index contributed by atoms with van der Waals surface area (Å²) in [5.41, 5.74) is 0.801. The zero-order chi connectivity index (χ0) is 17.9. The highest BCUT2D eigenvalue weighted by Gasteiger charge is 2.34. The number of hydrogen-bond acceptors (Lipinski definition) is 7. The first-order chi connectivity index (χ1) is 11.4. The number of carbonyl (C=O) groups is 2. The molecule has 1 aliphatic rings. The van der Waals surface area contributed by atoms with Crippen LogP contribution in [0.1, 0.15) is 43.1 Å². The third-order valence-corrected chi connectivity index (χ3v) is 3.74. The number of nitrogens with zero attached hydrogens (tertiary/aromatic N) is 1. The Bertz CT molecular complexity index is 700. The minimum absolute atomic E-state index is 0.0323. The van der Waals surface area contributed by atoms with Gasteiger partial charge in [0.15, 0.2) is 11.9 Å². The summed E-state index contributed by atoms with van der Waals surface area (Å²) in [5.74, 6) is -0.767. The van der Waals surface area contributed by atoms with Crippen molar-refractivity contribution >= 4 is 29.3 Å². The Balaban J connectivity index is 2.34. The molecular formula is C16H18ClNO6. The first-order valence-corrected chi connectivity index (χ1v) is 7.89. The van der Waals surface area contributed by atoms with Crippen LogP contribution in [0.15, 0.2) is 11.2 Å². The molecule has 24 heavy (non-hydrogen) atoms. The number of phenols is 1. The predicted molar refractivity (Wildman–Crippen MR) is 86.7 cm³/mol. The standard InChI is InChI=1S/C16H18ClNO6/c1-4-11(20)10-6-9-7-12(23-15(9)13(17)14(10)21)16(22-5-2)18-24-8(3)19/h6,12,21H,4-5,7H2,1-3H3/b18-16+. The molecular weight excluding hydrogens is 338 g/mol. The number of ether oxygens (including phenoxy) is 2. The summed E-state index contributed by atoms with van der Waals surface area (Å²) >= 11 is 6.13. The van der Waals surface area contributed by atoms with Crippen LogP contribution >= 0.6 is 11.6 Å². The maximum Gasteiger partial charge on any atom is 0.332 e. The van der Waals surface area contributed by atoms with Crippen molar-refractivity contribution in [1.29, 1.82) is 0 Å². The third-order valence-electron chi connectivity index (χ3n) is 3.39. The Hall–Kier alpha value is -2.28. The molecule has 0 saturated carbocycles. The van der Waals surface area contributed by atoms with Gasteiger partial charge >= 0.3 is 5.97 Å². The first kappa shape index (κ1) is 18.1. The van der Waals surface area contributed by atoms with E-state index in [4.69, 9.17) is 21.1 Å². The van der Waals surface area contributed by atoms with Gasteiger partial charge in [-0.25, -0.2) is 4.79 Å². The van der Waals surface area contributed by atoms with Crippen molar-refractivity contribution in [2.45, 2.75) is 39.7 Å². The van der Waals surface area contributed by atoms with Crippen molar-refractivity contribution in [3.8, 4) is 11.5 Å². The molecule has 0 radical (unpaired) electrons. The number of phenolic OH excluding ortho intramolecular Hbond substituents is 1. The fourth-order valence-electron chi connectivity index (χ4n) is 2.31. The normalized spacial score (nSPS) is 16.3. The van der Waals surface area contributed by atoms with Crippen LogP contribution < -0.4 is 4.74 Å². The Kier molecular flexibility index (Phi) is 5.66. The lowest BCUT2D eigenvalue weighted by Crippen LogP contribution is -2.28. The number of halogens is 1. The summed E-state index contributed by atoms with van der Waals surface area (Å²) in [7, 11) is 0. The van der Waals surface area contributed by atoms with Crippen LogP contribution in [0.3, 0.4) is 0 Å². The number of hydrogen-bond donors (Lipinski definition) is 1. The zero-order valence-corrected chi connectivity index (χ0v) is 14.3. The Morgan fingerprint density at radius 1 is 1.46 bits per heavy atom. The average Bonchev–Trinajstić information content (AvgIpc) is 2.98. The Morgan fingerprint density at radius 2 is 2.17 bits per heavy atom. The quantitative estimate of drug-likeness (QED) is 0.287. The maximum atomic E-state index is 11.9. The molecule has 8 heteroatoms. The number of ketones is 1. The van der Waals surface area contributed by atoms with Crippen LogP contribution in [0.4, 0.5) is 0 Å². The van der Waals surface area contributed by atoms with E-state index >= 15 is 0 Å². The molecule has 0 bridgehead atoms. The molecule has 0 saturated heterocycles. The SMILES string of the molecule is CCO/C(=N/OC(C)=O)C1Cc2cc(C(=O)CC)c(O)c(Cl)c2O1. The lowest BCUT2D eigenvalue weighted by molar-refractivity contribution is -0.141. The Labute approximate surface area is 144 Å². The van der Waals surface area contributed by atoms with Crippen LogP contribution in [-0.4, -0.2) is 35.5 Å². The molecule has 1 aliphatic heterocycles. The summed E-state index contributed by atoms with van der Waals surface area (Å²) < 4.78 is 11.0. The highest BCUT2D eigenvalue weighted by Crippen LogP contribution is 2.44. The van der Waals surface area contributed by atoms with E-state index in [9.17, 15) is 14.7 Å². The summed E-state index contributed by atoms with van der Waals surface area (Å²) in [5, 5.41) is 13.7. The number of oxime groups is 1. The third kappa shape index (κ3) is 3.62. The number of fused-ring (bicyclic) bond motifs is 1. The number of carbonyl (C=O) groups excluding carboxylic acids is 2. The molecule has 1 heterocycles. The molecule has 1 atom stereocenters. The lowest BCUT2D eigenvalue weighted by atomic mass is 10.0. The van der Waals surface area contributed by atoms with E-state index in [1.165, 1.54) is 6.92 Å². The molecule has 0 aliphatic carbocycles. The largest absolute Gasteiger partial charge is 0.505 e. The van der Waals surface area contributed by atoms with Crippen molar-refractivity contribution in [2.75, 3.05) is 6.61 Å². The van der Waals surface area contributed by atoms with Crippen LogP contribution in [0.2, 0.25) is 5.02 Å². The van der Waals surface area contributed by atoms with E-state index in [0.717, 1.165) is 0 Å². The van der Waals surface area contributed by atoms with Gasteiger partial charge in [-0.05, 0) is 18.1 Å². The summed E-state index contributed by atoms with van der Waals surface area (Å²) in [6.07, 6.45) is -0.104. The van der Waals surface area contributed by atoms with E-state index in [-0.39, 0.29) is 40.2 Å². The minimum atomic E-state index is -0.664. The molecule has 1 unspecified atom stereocenters. The minimum Gasteiger partial charge on any atom is -0.505 e. The van der Waals surface area contributed by atoms with E-state index in [0.29, 0.717) is 18.6 Å². The zero-order valence-electron chi connectivity index (χ0n) is 13.6. The van der Waals surface area contributed by atoms with Crippen molar-refractivity contribution < 1.29 is 29.0 Å². The lowest BCUT2D eigenvalue weighted by Gasteiger charge is -2.13. The highest BCUT2D eigenvalue weighted by atomic mass is 35.5. The monoisotopic (exact) mass is 355 g/mol. The molecule has 0 spiro atoms. The second kappa shape index (κ2) is 7.53. The van der Waals surface area contributed by atoms with Gasteiger partial charge < -0.3 is 19.4 Å². The van der Waals surface area contributed by atoms with Gasteiger partial charge in [0, 0.05) is 25.3 Å². The summed E-state index contributed by atoms with van der Waals surface area (Å²) in [6.45, 7) is 4.97. The second-order valence-electron chi connectivity index (χ2n) is 5.11. The Morgan fingerprint density at radius 3 is 2.75 bits per heavy atom. The molecule has 1 aromatic rings. The van der Waals surface area contributed by atoms with Crippen molar-refractivity contribution in [3.63, 3.8) is 0 Å². The van der Waals surface area contributed by atoms with E-state index < -0.39 is 12.1 Å². The second-order valence-corrected chi connectivity index (χ2v) is 5.49. The fraction of sp³-hybridized carbons (Fsp3) is 0.438. The first-order valence-electron chi connectivity index (χ1n) is 7.51. The van der Waals surface area contributed by atoms with Crippen molar-refractivity contribution in [1.82, 2.24) is 0 Å². The van der Waals surface area contributed by atoms with Gasteiger partial charge in [0.05, 0.1) is 12.2 Å². The number of aromatic hydroxyl groups is 1. The molecule has 0 aromatic heterocycles. The van der Waals surface area contributed by atoms with Gasteiger partial charge in [0.2, 0.25) is 0 Å². The van der Waals surface area contributed by atoms with Gasteiger partial charge in [-0.15, -0.1) is 0 Å². The van der Waals surface area contributed by atoms with Gasteiger partial charge in [-0.1, -0.05) is 18.5 Å². The van der Waals surface area contributed by atoms with Crippen LogP contribution in [0.5, 0.6) is 11.5 Å². The molecule has 0 fully saturated rings. The van der Waals surface area contributed by atoms with Gasteiger partial charge in [-0.3, -0.25) is 4.79 Å². The molecule has 1 N–H and O–H groups in total. The summed E-state index contributed by atoms with van der Waals surface area (Å²) in [6, 6.07) is 1.55. The van der Waals surface area contributed by atoms with Crippen molar-refractivity contribution in [2.24, 2.45) is 5.16 Å². The average molecular weight is 356 g/mol. The number of rotatable bonds is 5. The van der Waals surface area contributed by atoms with Crippen LogP contribution in [-0.2, 0) is 20.8 Å². The van der Waals surface area contributed by atoms with Gasteiger partial charge in [-0.2, -0.15) is 0 Å². The molecule has 7 nitrogen and oxygen atoms in total. The molecule has 130 valence electrons. The topological polar surface area (TPSA) is 94.4 Å². The summed E-state index contributed by atoms with van der Waals surface area (Å²) in [4.78, 5) is 27.4. The van der Waals surface area contributed by atoms with Gasteiger partial charge in [0.25, 0.3) is 5.90 Å². The molecule has 0 amide bonds. The van der Waals surface area contributed by atoms with Gasteiger partial charge in [0.1, 0.15) is 16.5 Å². The fourth-order valence-corrected chi connectivity index (χ4v) is 2.58. The van der Waals surface area contributed by atoms with Crippen LogP contribution in [0, 0.1) is 0 Å². The number of Topliss-reactive ketones (excluding diaryl/α,β-unsaturated/α-hetero) is 1. The maximum absolute atomic E-state index is 11.9. The van der Waals surface area contributed by atoms with Crippen LogP contribution in [0.25, 0.3) is 0 Å². The smallest absolute Gasteiger partial charge is 0.332 e. The van der Waals surface area contributed by atoms with E-state index in [1.807, 2.05) is 0 Å². The predicted octanol–water partition coefficient (Wildman–Crippen LogP) is 2.85. The van der Waals surface area contributed by atoms with E-state index in [2.05, 4.69) is 9.99 Å². The number of benzene rings is 1. The molecule has 2 rings (SSSR count). The van der Waals surface area contributed by atoms with Crippen molar-refractivity contribution in [3.05, 3.63) is 22.2 Å². The van der Waals surface area contributed by atoms with E-state index in [1.54, 1.807) is 19.9 Å². The molecule has 1 aromatic carbocycles. The highest BCUT2D eigenvalue weighted by molar-refractivity contribution is 6.34.